The Labute approximate surface area is 205 Å². The molecular formula is C28H22N2O2S2. The van der Waals surface area contributed by atoms with Gasteiger partial charge in [-0.2, -0.15) is 0 Å². The maximum Gasteiger partial charge on any atom is 0.271 e. The van der Waals surface area contributed by atoms with Gasteiger partial charge in [-0.25, -0.2) is 4.99 Å². The number of benzene rings is 2. The molecule has 0 saturated heterocycles. The van der Waals surface area contributed by atoms with Crippen molar-refractivity contribution in [1.82, 2.24) is 4.57 Å². The van der Waals surface area contributed by atoms with Gasteiger partial charge in [0.05, 0.1) is 16.3 Å². The highest BCUT2D eigenvalue weighted by Gasteiger charge is 2.33. The predicted molar refractivity (Wildman–Crippen MR) is 139 cm³/mol. The third kappa shape index (κ3) is 3.50. The van der Waals surface area contributed by atoms with Crippen LogP contribution >= 0.6 is 22.7 Å². The smallest absolute Gasteiger partial charge is 0.271 e. The van der Waals surface area contributed by atoms with E-state index in [1.807, 2.05) is 34.9 Å². The Morgan fingerprint density at radius 1 is 1.09 bits per heavy atom. The first kappa shape index (κ1) is 21.1. The van der Waals surface area contributed by atoms with E-state index in [1.54, 1.807) is 17.4 Å². The van der Waals surface area contributed by atoms with E-state index in [2.05, 4.69) is 48.4 Å². The van der Waals surface area contributed by atoms with Gasteiger partial charge in [0.15, 0.2) is 4.80 Å². The Morgan fingerprint density at radius 2 is 1.94 bits per heavy atom. The molecule has 4 nitrogen and oxygen atoms in total. The maximum atomic E-state index is 13.8. The highest BCUT2D eigenvalue weighted by Crippen LogP contribution is 2.42. The van der Waals surface area contributed by atoms with Gasteiger partial charge < -0.3 is 4.74 Å². The summed E-state index contributed by atoms with van der Waals surface area (Å²) in [4.78, 5) is 20.8. The second-order valence-corrected chi connectivity index (χ2v) is 10.3. The normalized spacial score (nSPS) is 16.9. The lowest BCUT2D eigenvalue weighted by Gasteiger charge is -2.30. The molecule has 3 heterocycles. The van der Waals surface area contributed by atoms with Crippen molar-refractivity contribution in [3.8, 4) is 5.75 Å². The Balaban J connectivity index is 1.58. The van der Waals surface area contributed by atoms with Crippen molar-refractivity contribution in [2.45, 2.75) is 18.9 Å². The van der Waals surface area contributed by atoms with Crippen LogP contribution in [-0.4, -0.2) is 11.2 Å². The second-order valence-electron chi connectivity index (χ2n) is 8.27. The van der Waals surface area contributed by atoms with Gasteiger partial charge in [0.1, 0.15) is 12.4 Å². The van der Waals surface area contributed by atoms with E-state index < -0.39 is 0 Å². The fourth-order valence-electron chi connectivity index (χ4n) is 4.74. The van der Waals surface area contributed by atoms with Crippen molar-refractivity contribution < 1.29 is 4.74 Å². The maximum absolute atomic E-state index is 13.8. The number of aryl methyl sites for hydroxylation is 1. The van der Waals surface area contributed by atoms with Gasteiger partial charge in [0, 0.05) is 16.0 Å². The summed E-state index contributed by atoms with van der Waals surface area (Å²) in [7, 11) is 0. The van der Waals surface area contributed by atoms with Crippen LogP contribution in [0.2, 0.25) is 0 Å². The Bertz CT molecular complexity index is 1610. The Morgan fingerprint density at radius 3 is 2.79 bits per heavy atom. The molecule has 2 aromatic carbocycles. The zero-order chi connectivity index (χ0) is 23.1. The van der Waals surface area contributed by atoms with Crippen LogP contribution < -0.4 is 19.6 Å². The van der Waals surface area contributed by atoms with Crippen molar-refractivity contribution in [2.75, 3.05) is 6.61 Å². The van der Waals surface area contributed by atoms with E-state index in [4.69, 9.17) is 9.73 Å². The van der Waals surface area contributed by atoms with Crippen LogP contribution in [-0.2, 0) is 6.42 Å². The zero-order valence-corrected chi connectivity index (χ0v) is 20.1. The number of thiazole rings is 1. The topological polar surface area (TPSA) is 43.6 Å². The summed E-state index contributed by atoms with van der Waals surface area (Å²) in [6.07, 6.45) is 5.50. The lowest BCUT2D eigenvalue weighted by atomic mass is 9.85. The van der Waals surface area contributed by atoms with Crippen LogP contribution in [0.1, 0.15) is 34.0 Å². The number of allylic oxidation sites excluding steroid dienone is 1. The summed E-state index contributed by atoms with van der Waals surface area (Å²) in [5.74, 6) is 0.733. The summed E-state index contributed by atoms with van der Waals surface area (Å²) in [6, 6.07) is 20.3. The molecule has 2 aliphatic rings. The summed E-state index contributed by atoms with van der Waals surface area (Å²) >= 11 is 3.14. The quantitative estimate of drug-likeness (QED) is 0.378. The molecule has 0 amide bonds. The first-order valence-corrected chi connectivity index (χ1v) is 12.9. The van der Waals surface area contributed by atoms with E-state index in [1.165, 1.54) is 32.9 Å². The summed E-state index contributed by atoms with van der Waals surface area (Å²) in [6.45, 7) is 4.14. The predicted octanol–water partition coefficient (Wildman–Crippen LogP) is 4.95. The molecule has 0 radical (unpaired) electrons. The van der Waals surface area contributed by atoms with Crippen molar-refractivity contribution in [3.63, 3.8) is 0 Å². The molecule has 0 bridgehead atoms. The van der Waals surface area contributed by atoms with Crippen LogP contribution in [0.3, 0.4) is 0 Å². The van der Waals surface area contributed by atoms with Gasteiger partial charge in [0.25, 0.3) is 5.56 Å². The number of fused-ring (bicyclic) bond motifs is 3. The number of nitrogens with zero attached hydrogens (tertiary/aromatic N) is 2. The van der Waals surface area contributed by atoms with Crippen molar-refractivity contribution in [3.05, 3.63) is 126 Å². The highest BCUT2D eigenvalue weighted by atomic mass is 32.1. The first-order valence-electron chi connectivity index (χ1n) is 11.2. The summed E-state index contributed by atoms with van der Waals surface area (Å²) < 4.78 is 8.36. The average molecular weight is 483 g/mol. The molecule has 4 aromatic rings. The molecule has 0 N–H and O–H groups in total. The minimum Gasteiger partial charge on any atom is -0.489 e. The average Bonchev–Trinajstić information content (AvgIpc) is 3.51. The van der Waals surface area contributed by atoms with E-state index in [-0.39, 0.29) is 11.6 Å². The molecular weight excluding hydrogens is 460 g/mol. The SMILES string of the molecule is C=CCOc1ccccc1/C=c1\sc2n(c1=O)[C@@H](c1cccs1)C1=C(N=2)c2ccccc2CC1. The monoisotopic (exact) mass is 482 g/mol. The van der Waals surface area contributed by atoms with Gasteiger partial charge >= 0.3 is 0 Å². The summed E-state index contributed by atoms with van der Waals surface area (Å²) in [5.41, 5.74) is 5.63. The molecule has 2 aromatic heterocycles. The van der Waals surface area contributed by atoms with Gasteiger partial charge in [-0.1, -0.05) is 72.5 Å². The molecule has 168 valence electrons. The van der Waals surface area contributed by atoms with Gasteiger partial charge in [-0.3, -0.25) is 9.36 Å². The van der Waals surface area contributed by atoms with E-state index in [9.17, 15) is 4.79 Å². The molecule has 0 fully saturated rings. The number of thiophene rings is 1. The van der Waals surface area contributed by atoms with Crippen molar-refractivity contribution in [1.29, 1.82) is 0 Å². The fourth-order valence-corrected chi connectivity index (χ4v) is 6.58. The lowest BCUT2D eigenvalue weighted by Crippen LogP contribution is -2.38. The van der Waals surface area contributed by atoms with Gasteiger partial charge in [-0.05, 0) is 47.6 Å². The molecule has 34 heavy (non-hydrogen) atoms. The summed E-state index contributed by atoms with van der Waals surface area (Å²) in [5, 5.41) is 2.08. The third-order valence-electron chi connectivity index (χ3n) is 6.25. The third-order valence-corrected chi connectivity index (χ3v) is 8.16. The van der Waals surface area contributed by atoms with E-state index in [0.717, 1.165) is 34.7 Å². The minimum absolute atomic E-state index is 0.00826. The molecule has 1 atom stereocenters. The molecule has 0 unspecified atom stereocenters. The van der Waals surface area contributed by atoms with Gasteiger partial charge in [-0.15, -0.1) is 11.3 Å². The van der Waals surface area contributed by atoms with Crippen LogP contribution in [0.25, 0.3) is 11.8 Å². The number of hydrogen-bond acceptors (Lipinski definition) is 5. The van der Waals surface area contributed by atoms with Crippen molar-refractivity contribution in [2.24, 2.45) is 4.99 Å². The molecule has 0 spiro atoms. The van der Waals surface area contributed by atoms with Crippen LogP contribution in [0.5, 0.6) is 5.75 Å². The second kappa shape index (κ2) is 8.70. The molecule has 1 aliphatic heterocycles. The van der Waals surface area contributed by atoms with E-state index in [0.29, 0.717) is 11.1 Å². The largest absolute Gasteiger partial charge is 0.489 e. The van der Waals surface area contributed by atoms with Crippen LogP contribution in [0, 0.1) is 0 Å². The molecule has 1 aliphatic carbocycles. The van der Waals surface area contributed by atoms with Crippen LogP contribution in [0.4, 0.5) is 0 Å². The minimum atomic E-state index is -0.117. The number of aromatic nitrogens is 1. The van der Waals surface area contributed by atoms with Crippen LogP contribution in [0.15, 0.2) is 94.1 Å². The van der Waals surface area contributed by atoms with Gasteiger partial charge in [0.2, 0.25) is 0 Å². The number of rotatable bonds is 5. The first-order chi connectivity index (χ1) is 16.7. The zero-order valence-electron chi connectivity index (χ0n) is 18.4. The number of ether oxygens (including phenoxy) is 1. The lowest BCUT2D eigenvalue weighted by molar-refractivity contribution is 0.362. The highest BCUT2D eigenvalue weighted by molar-refractivity contribution is 7.10. The molecule has 6 heteroatoms. The Kier molecular flexibility index (Phi) is 5.40. The number of hydrogen-bond donors (Lipinski definition) is 0. The standard InChI is InChI=1S/C28H22N2O2S2/c1-2-15-32-22-11-6-4-9-19(22)17-24-27(31)30-26(23-12-7-16-33-23)21-14-13-18-8-3-5-10-20(18)25(21)29-28(30)34-24/h2-12,16-17,26H,1,13-15H2/b24-17-/t26-/m1/s1. The molecule has 6 rings (SSSR count). The van der Waals surface area contributed by atoms with E-state index >= 15 is 0 Å². The fraction of sp³-hybridized carbons (Fsp3) is 0.143. The number of para-hydroxylation sites is 1. The molecule has 0 saturated carbocycles. The van der Waals surface area contributed by atoms with Crippen molar-refractivity contribution >= 4 is 34.4 Å². The Hall–Kier alpha value is -3.48.